The largest absolute Gasteiger partial charge is 0.490 e. The molecule has 1 aromatic carbocycles. The van der Waals surface area contributed by atoms with Crippen LogP contribution in [0.25, 0.3) is 0 Å². The summed E-state index contributed by atoms with van der Waals surface area (Å²) in [5.41, 5.74) is 0. The van der Waals surface area contributed by atoms with E-state index in [9.17, 15) is 4.79 Å². The number of carbonyl (C=O) groups is 1. The Kier molecular flexibility index (Phi) is 2.76. The number of benzene rings is 1. The lowest BCUT2D eigenvalue weighted by atomic mass is 10.2. The molecule has 4 heteroatoms. The molecule has 1 unspecified atom stereocenters. The fraction of sp³-hybridized carbons (Fsp3) is 0.364. The lowest BCUT2D eigenvalue weighted by Crippen LogP contribution is -2.21. The maximum absolute atomic E-state index is 10.6. The van der Waals surface area contributed by atoms with Crippen molar-refractivity contribution in [2.45, 2.75) is 18.9 Å². The average molecular weight is 208 g/mol. The summed E-state index contributed by atoms with van der Waals surface area (Å²) in [6, 6.07) is 7.30. The van der Waals surface area contributed by atoms with Crippen molar-refractivity contribution in [3.8, 4) is 11.5 Å². The molecule has 0 aromatic heterocycles. The number of carboxylic acids is 1. The molecule has 0 fully saturated rings. The van der Waals surface area contributed by atoms with Gasteiger partial charge in [-0.1, -0.05) is 12.1 Å². The van der Waals surface area contributed by atoms with E-state index in [1.165, 1.54) is 0 Å². The van der Waals surface area contributed by atoms with Gasteiger partial charge in [0.1, 0.15) is 6.10 Å². The number of aliphatic carboxylic acids is 1. The monoisotopic (exact) mass is 208 g/mol. The topological polar surface area (TPSA) is 55.8 Å². The summed E-state index contributed by atoms with van der Waals surface area (Å²) < 4.78 is 11.0. The van der Waals surface area contributed by atoms with E-state index in [0.29, 0.717) is 24.5 Å². The molecule has 0 radical (unpaired) electrons. The second-order valence-corrected chi connectivity index (χ2v) is 3.42. The summed E-state index contributed by atoms with van der Waals surface area (Å²) in [4.78, 5) is 10.6. The van der Waals surface area contributed by atoms with Crippen LogP contribution < -0.4 is 9.47 Å². The Hall–Kier alpha value is -1.71. The Morgan fingerprint density at radius 3 is 2.87 bits per heavy atom. The highest BCUT2D eigenvalue weighted by Gasteiger charge is 2.20. The fourth-order valence-electron chi connectivity index (χ4n) is 1.54. The van der Waals surface area contributed by atoms with Crippen LogP contribution in [0.2, 0.25) is 0 Å². The van der Waals surface area contributed by atoms with E-state index in [4.69, 9.17) is 14.6 Å². The molecule has 15 heavy (non-hydrogen) atoms. The van der Waals surface area contributed by atoms with E-state index in [-0.39, 0.29) is 12.5 Å². The quantitative estimate of drug-likeness (QED) is 0.803. The van der Waals surface area contributed by atoms with Crippen LogP contribution in [-0.2, 0) is 4.79 Å². The standard InChI is InChI=1S/C11H12O4/c12-11(13)7-8-5-6-14-9-3-1-2-4-10(9)15-8/h1-4,8H,5-7H2,(H,12,13). The first-order chi connectivity index (χ1) is 7.25. The average Bonchev–Trinajstić information content (AvgIpc) is 2.38. The van der Waals surface area contributed by atoms with Gasteiger partial charge >= 0.3 is 5.97 Å². The number of carboxylic acid groups (broad SMARTS) is 1. The predicted octanol–water partition coefficient (Wildman–Crippen LogP) is 1.69. The third-order valence-electron chi connectivity index (χ3n) is 2.24. The van der Waals surface area contributed by atoms with Gasteiger partial charge in [-0.15, -0.1) is 0 Å². The van der Waals surface area contributed by atoms with Crippen LogP contribution >= 0.6 is 0 Å². The summed E-state index contributed by atoms with van der Waals surface area (Å²) in [5, 5.41) is 8.68. The van der Waals surface area contributed by atoms with Crippen LogP contribution in [-0.4, -0.2) is 23.8 Å². The molecule has 1 aliphatic heterocycles. The summed E-state index contributed by atoms with van der Waals surface area (Å²) in [6.45, 7) is 0.495. The van der Waals surface area contributed by atoms with Crippen molar-refractivity contribution >= 4 is 5.97 Å². The van der Waals surface area contributed by atoms with Crippen LogP contribution in [0, 0.1) is 0 Å². The molecule has 4 nitrogen and oxygen atoms in total. The van der Waals surface area contributed by atoms with Gasteiger partial charge in [0.25, 0.3) is 0 Å². The highest BCUT2D eigenvalue weighted by Crippen LogP contribution is 2.30. The van der Waals surface area contributed by atoms with Gasteiger partial charge in [-0.05, 0) is 12.1 Å². The summed E-state index contributed by atoms with van der Waals surface area (Å²) >= 11 is 0. The van der Waals surface area contributed by atoms with Gasteiger partial charge < -0.3 is 14.6 Å². The third kappa shape index (κ3) is 2.40. The molecule has 0 aliphatic carbocycles. The molecule has 1 aromatic rings. The predicted molar refractivity (Wildman–Crippen MR) is 53.2 cm³/mol. The van der Waals surface area contributed by atoms with Crippen molar-refractivity contribution in [2.24, 2.45) is 0 Å². The van der Waals surface area contributed by atoms with Crippen LogP contribution in [0.3, 0.4) is 0 Å². The molecule has 0 spiro atoms. The van der Waals surface area contributed by atoms with E-state index in [1.54, 1.807) is 6.07 Å². The highest BCUT2D eigenvalue weighted by atomic mass is 16.5. The van der Waals surface area contributed by atoms with Crippen LogP contribution in [0.1, 0.15) is 12.8 Å². The lowest BCUT2D eigenvalue weighted by Gasteiger charge is -2.13. The van der Waals surface area contributed by atoms with Gasteiger partial charge in [0.15, 0.2) is 11.5 Å². The van der Waals surface area contributed by atoms with Crippen molar-refractivity contribution < 1.29 is 19.4 Å². The first-order valence-electron chi connectivity index (χ1n) is 4.86. The minimum Gasteiger partial charge on any atom is -0.490 e. The summed E-state index contributed by atoms with van der Waals surface area (Å²) in [5.74, 6) is 0.464. The fourth-order valence-corrected chi connectivity index (χ4v) is 1.54. The Morgan fingerprint density at radius 1 is 1.40 bits per heavy atom. The van der Waals surface area contributed by atoms with E-state index in [1.807, 2.05) is 18.2 Å². The molecule has 2 rings (SSSR count). The first kappa shape index (κ1) is 9.83. The van der Waals surface area contributed by atoms with Gasteiger partial charge in [-0.3, -0.25) is 4.79 Å². The normalized spacial score (nSPS) is 19.3. The van der Waals surface area contributed by atoms with E-state index in [2.05, 4.69) is 0 Å². The van der Waals surface area contributed by atoms with Crippen LogP contribution in [0.5, 0.6) is 11.5 Å². The number of hydrogen-bond acceptors (Lipinski definition) is 3. The molecule has 1 aliphatic rings. The smallest absolute Gasteiger partial charge is 0.307 e. The summed E-state index contributed by atoms with van der Waals surface area (Å²) in [7, 11) is 0. The molecule has 80 valence electrons. The van der Waals surface area contributed by atoms with Gasteiger partial charge in [-0.25, -0.2) is 0 Å². The molecule has 0 saturated carbocycles. The molecule has 0 bridgehead atoms. The first-order valence-corrected chi connectivity index (χ1v) is 4.86. The molecule has 0 saturated heterocycles. The number of ether oxygens (including phenoxy) is 2. The molecule has 1 atom stereocenters. The minimum atomic E-state index is -0.848. The maximum Gasteiger partial charge on any atom is 0.307 e. The van der Waals surface area contributed by atoms with Crippen molar-refractivity contribution in [3.05, 3.63) is 24.3 Å². The van der Waals surface area contributed by atoms with Gasteiger partial charge in [0, 0.05) is 6.42 Å². The van der Waals surface area contributed by atoms with Gasteiger partial charge in [0.05, 0.1) is 13.0 Å². The van der Waals surface area contributed by atoms with Crippen LogP contribution in [0.15, 0.2) is 24.3 Å². The van der Waals surface area contributed by atoms with E-state index < -0.39 is 5.97 Å². The third-order valence-corrected chi connectivity index (χ3v) is 2.24. The lowest BCUT2D eigenvalue weighted by molar-refractivity contribution is -0.138. The Labute approximate surface area is 87.4 Å². The minimum absolute atomic E-state index is 0.0116. The molecular formula is C11H12O4. The zero-order valence-electron chi connectivity index (χ0n) is 8.18. The number of rotatable bonds is 2. The Bertz CT molecular complexity index is 361. The second kappa shape index (κ2) is 4.21. The highest BCUT2D eigenvalue weighted by molar-refractivity contribution is 5.67. The van der Waals surface area contributed by atoms with Crippen molar-refractivity contribution in [3.63, 3.8) is 0 Å². The number of para-hydroxylation sites is 2. The number of hydrogen-bond donors (Lipinski definition) is 1. The molecule has 1 N–H and O–H groups in total. The zero-order chi connectivity index (χ0) is 10.7. The number of fused-ring (bicyclic) bond motifs is 1. The molecule has 1 heterocycles. The van der Waals surface area contributed by atoms with Crippen molar-refractivity contribution in [2.75, 3.05) is 6.61 Å². The van der Waals surface area contributed by atoms with E-state index >= 15 is 0 Å². The van der Waals surface area contributed by atoms with Crippen LogP contribution in [0.4, 0.5) is 0 Å². The molecular weight excluding hydrogens is 196 g/mol. The van der Waals surface area contributed by atoms with Crippen molar-refractivity contribution in [1.82, 2.24) is 0 Å². The van der Waals surface area contributed by atoms with Gasteiger partial charge in [-0.2, -0.15) is 0 Å². The van der Waals surface area contributed by atoms with Gasteiger partial charge in [0.2, 0.25) is 0 Å². The second-order valence-electron chi connectivity index (χ2n) is 3.42. The molecule has 0 amide bonds. The van der Waals surface area contributed by atoms with E-state index in [0.717, 1.165) is 0 Å². The zero-order valence-corrected chi connectivity index (χ0v) is 8.18. The Balaban J connectivity index is 2.13. The van der Waals surface area contributed by atoms with Crippen molar-refractivity contribution in [1.29, 1.82) is 0 Å². The SMILES string of the molecule is O=C(O)CC1CCOc2ccccc2O1. The Morgan fingerprint density at radius 2 is 2.13 bits per heavy atom. The maximum atomic E-state index is 10.6. The summed E-state index contributed by atoms with van der Waals surface area (Å²) in [6.07, 6.45) is 0.310.